The first kappa shape index (κ1) is 66.2. The van der Waals surface area contributed by atoms with E-state index in [1.54, 1.807) is 9.80 Å². The van der Waals surface area contributed by atoms with Gasteiger partial charge in [0, 0.05) is 26.2 Å². The van der Waals surface area contributed by atoms with Crippen LogP contribution in [0.5, 0.6) is 0 Å². The number of aliphatic hydroxyl groups excluding tert-OH is 4. The van der Waals surface area contributed by atoms with Crippen LogP contribution in [0.25, 0.3) is 0 Å². The zero-order valence-electron chi connectivity index (χ0n) is 44.6. The molecule has 3 unspecified atom stereocenters. The molecule has 0 bridgehead atoms. The van der Waals surface area contributed by atoms with Crippen LogP contribution in [-0.4, -0.2) is 132 Å². The third-order valence-electron chi connectivity index (χ3n) is 13.2. The van der Waals surface area contributed by atoms with Gasteiger partial charge in [0.2, 0.25) is 0 Å². The molecule has 0 aromatic rings. The minimum Gasteiger partial charge on any atom is -0.464 e. The van der Waals surface area contributed by atoms with E-state index in [-0.39, 0.29) is 59.2 Å². The molecule has 0 radical (unpaired) electrons. The van der Waals surface area contributed by atoms with Gasteiger partial charge >= 0.3 is 17.9 Å². The van der Waals surface area contributed by atoms with Crippen molar-refractivity contribution < 1.29 is 49.0 Å². The van der Waals surface area contributed by atoms with E-state index in [0.29, 0.717) is 13.0 Å². The minimum atomic E-state index is -1.48. The Morgan fingerprint density at radius 1 is 0.324 bits per heavy atom. The number of aliphatic hydroxyl groups is 4. The van der Waals surface area contributed by atoms with Gasteiger partial charge in [-0.25, -0.2) is 14.4 Å². The molecule has 0 saturated carbocycles. The smallest absolute Gasteiger partial charge is 0.336 e. The Bertz CT molecular complexity index is 1050. The SMILES string of the molecule is CCCCCCCCCCCCCCOC(=O)C(O)CN(CCO)CCCN(CC(O)C(=O)OCCCCCCCCCCCCCC)CC(O)C(=O)OCCCCCCCCCCCCCC. The van der Waals surface area contributed by atoms with Crippen molar-refractivity contribution >= 4 is 17.9 Å². The van der Waals surface area contributed by atoms with E-state index in [1.165, 1.54) is 173 Å². The van der Waals surface area contributed by atoms with E-state index >= 15 is 0 Å². The Kier molecular flexibility index (Phi) is 50.1. The first-order chi connectivity index (χ1) is 33.2. The molecular weight excluding hydrogens is 861 g/mol. The highest BCUT2D eigenvalue weighted by atomic mass is 16.6. The lowest BCUT2D eigenvalue weighted by molar-refractivity contribution is -0.157. The first-order valence-corrected chi connectivity index (χ1v) is 28.8. The Hall–Kier alpha value is -1.83. The summed E-state index contributed by atoms with van der Waals surface area (Å²) in [6.45, 7) is 7.75. The molecular formula is C56H110N2O10. The average Bonchev–Trinajstić information content (AvgIpc) is 3.33. The molecule has 3 atom stereocenters. The summed E-state index contributed by atoms with van der Waals surface area (Å²) in [5, 5.41) is 42.2. The zero-order valence-corrected chi connectivity index (χ0v) is 44.6. The second-order valence-electron chi connectivity index (χ2n) is 19.9. The van der Waals surface area contributed by atoms with Gasteiger partial charge in [-0.05, 0) is 38.8 Å². The Morgan fingerprint density at radius 2 is 0.544 bits per heavy atom. The molecule has 0 aromatic heterocycles. The standard InChI is InChI=1S/C56H110N2O10/c1-4-7-10-13-16-19-22-25-28-31-34-37-45-66-54(63)51(60)48-57(43-44-59)41-40-42-58(49-52(61)55(64)67-46-38-35-32-29-26-23-20-17-14-11-8-5-2)50-53(62)56(65)68-47-39-36-33-30-27-24-21-18-15-12-9-6-3/h51-53,59-62H,4-50H2,1-3H3. The molecule has 68 heavy (non-hydrogen) atoms. The normalized spacial score (nSPS) is 13.0. The van der Waals surface area contributed by atoms with E-state index in [2.05, 4.69) is 20.8 Å². The van der Waals surface area contributed by atoms with Crippen LogP contribution in [-0.2, 0) is 28.6 Å². The molecule has 0 rings (SSSR count). The number of unbranched alkanes of at least 4 members (excludes halogenated alkanes) is 33. The molecule has 0 saturated heterocycles. The largest absolute Gasteiger partial charge is 0.464 e. The second kappa shape index (κ2) is 51.5. The third kappa shape index (κ3) is 44.1. The van der Waals surface area contributed by atoms with Crippen LogP contribution in [0.4, 0.5) is 0 Å². The molecule has 0 aliphatic heterocycles. The van der Waals surface area contributed by atoms with Crippen molar-refractivity contribution in [1.29, 1.82) is 0 Å². The van der Waals surface area contributed by atoms with Gasteiger partial charge < -0.3 is 34.6 Å². The summed E-state index contributed by atoms with van der Waals surface area (Å²) in [5.74, 6) is -2.17. The van der Waals surface area contributed by atoms with Crippen LogP contribution in [0.1, 0.15) is 258 Å². The van der Waals surface area contributed by atoms with Crippen molar-refractivity contribution in [1.82, 2.24) is 9.80 Å². The topological polar surface area (TPSA) is 166 Å². The van der Waals surface area contributed by atoms with Gasteiger partial charge in [-0.3, -0.25) is 9.80 Å². The van der Waals surface area contributed by atoms with Crippen molar-refractivity contribution in [3.8, 4) is 0 Å². The summed E-state index contributed by atoms with van der Waals surface area (Å²) in [6, 6.07) is 0. The lowest BCUT2D eigenvalue weighted by atomic mass is 10.1. The number of carbonyl (C=O) groups excluding carboxylic acids is 3. The molecule has 0 aliphatic carbocycles. The number of esters is 3. The van der Waals surface area contributed by atoms with Crippen molar-refractivity contribution in [2.75, 3.05) is 65.7 Å². The highest BCUT2D eigenvalue weighted by molar-refractivity contribution is 5.75. The highest BCUT2D eigenvalue weighted by Crippen LogP contribution is 2.15. The molecule has 0 heterocycles. The maximum Gasteiger partial charge on any atom is 0.336 e. The maximum atomic E-state index is 12.9. The molecule has 0 aromatic carbocycles. The summed E-state index contributed by atoms with van der Waals surface area (Å²) in [7, 11) is 0. The van der Waals surface area contributed by atoms with Crippen molar-refractivity contribution in [2.24, 2.45) is 0 Å². The van der Waals surface area contributed by atoms with Gasteiger partial charge in [-0.15, -0.1) is 0 Å². The molecule has 4 N–H and O–H groups in total. The predicted molar refractivity (Wildman–Crippen MR) is 279 cm³/mol. The van der Waals surface area contributed by atoms with E-state index in [0.717, 1.165) is 57.8 Å². The summed E-state index contributed by atoms with van der Waals surface area (Å²) in [4.78, 5) is 41.7. The molecule has 0 fully saturated rings. The Morgan fingerprint density at radius 3 is 0.794 bits per heavy atom. The second-order valence-corrected chi connectivity index (χ2v) is 19.9. The summed E-state index contributed by atoms with van der Waals surface area (Å²) in [5.41, 5.74) is 0. The van der Waals surface area contributed by atoms with Crippen molar-refractivity contribution in [2.45, 2.75) is 277 Å². The number of hydrogen-bond acceptors (Lipinski definition) is 12. The van der Waals surface area contributed by atoms with Crippen molar-refractivity contribution in [3.63, 3.8) is 0 Å². The lowest BCUT2D eigenvalue weighted by Crippen LogP contribution is -2.45. The summed E-state index contributed by atoms with van der Waals surface area (Å²) >= 11 is 0. The van der Waals surface area contributed by atoms with Gasteiger partial charge in [0.1, 0.15) is 0 Å². The number of carbonyl (C=O) groups is 3. The average molecular weight is 971 g/mol. The third-order valence-corrected chi connectivity index (χ3v) is 13.2. The highest BCUT2D eigenvalue weighted by Gasteiger charge is 2.26. The lowest BCUT2D eigenvalue weighted by Gasteiger charge is -2.28. The van der Waals surface area contributed by atoms with Crippen LogP contribution < -0.4 is 0 Å². The number of hydrogen-bond donors (Lipinski definition) is 4. The molecule has 12 nitrogen and oxygen atoms in total. The zero-order chi connectivity index (χ0) is 50.0. The van der Waals surface area contributed by atoms with E-state index in [4.69, 9.17) is 14.2 Å². The summed E-state index contributed by atoms with van der Waals surface area (Å²) in [6.07, 6.45) is 39.2. The maximum absolute atomic E-state index is 12.9. The number of ether oxygens (including phenoxy) is 3. The summed E-state index contributed by atoms with van der Waals surface area (Å²) < 4.78 is 16.2. The fourth-order valence-corrected chi connectivity index (χ4v) is 8.80. The fourth-order valence-electron chi connectivity index (χ4n) is 8.80. The van der Waals surface area contributed by atoms with E-state index in [9.17, 15) is 34.8 Å². The minimum absolute atomic E-state index is 0.0278. The molecule has 12 heteroatoms. The van der Waals surface area contributed by atoms with Gasteiger partial charge in [0.15, 0.2) is 18.3 Å². The molecule has 0 spiro atoms. The number of nitrogens with zero attached hydrogens (tertiary/aromatic N) is 2. The molecule has 0 amide bonds. The van der Waals surface area contributed by atoms with Crippen LogP contribution in [0.15, 0.2) is 0 Å². The van der Waals surface area contributed by atoms with E-state index in [1.807, 2.05) is 0 Å². The first-order valence-electron chi connectivity index (χ1n) is 28.8. The Balaban J connectivity index is 4.88. The molecule has 404 valence electrons. The van der Waals surface area contributed by atoms with Crippen LogP contribution in [0.2, 0.25) is 0 Å². The quantitative estimate of drug-likeness (QED) is 0.0259. The monoisotopic (exact) mass is 971 g/mol. The number of rotatable bonds is 54. The van der Waals surface area contributed by atoms with Gasteiger partial charge in [0.25, 0.3) is 0 Å². The van der Waals surface area contributed by atoms with Gasteiger partial charge in [0.05, 0.1) is 26.4 Å². The predicted octanol–water partition coefficient (Wildman–Crippen LogP) is 11.8. The van der Waals surface area contributed by atoms with Crippen LogP contribution in [0, 0.1) is 0 Å². The van der Waals surface area contributed by atoms with Gasteiger partial charge in [-0.1, -0.05) is 233 Å². The fraction of sp³-hybridized carbons (Fsp3) is 0.946. The van der Waals surface area contributed by atoms with Crippen molar-refractivity contribution in [3.05, 3.63) is 0 Å². The van der Waals surface area contributed by atoms with E-state index < -0.39 is 36.2 Å². The van der Waals surface area contributed by atoms with Crippen LogP contribution >= 0.6 is 0 Å². The van der Waals surface area contributed by atoms with Crippen LogP contribution in [0.3, 0.4) is 0 Å². The van der Waals surface area contributed by atoms with Gasteiger partial charge in [-0.2, -0.15) is 0 Å². The Labute approximate surface area is 417 Å². The molecule has 0 aliphatic rings.